The SMILES string of the molecule is [B]c1c([B])c([B])c2c(-c3cc4ccc5ccccc5c4c4ccccc34)c3c([B])c([B])c([B])c([B])c3c(-c3ccc4oc5ccccc5c4c3)c2c1[B]. The van der Waals surface area contributed by atoms with E-state index >= 15 is 0 Å². The Bertz CT molecular complexity index is 3190. The van der Waals surface area contributed by atoms with E-state index in [0.717, 1.165) is 65.4 Å². The van der Waals surface area contributed by atoms with Crippen molar-refractivity contribution >= 4 is 182 Å². The normalized spacial score (nSPS) is 12.0. The van der Waals surface area contributed by atoms with E-state index in [4.69, 9.17) is 67.2 Å². The second kappa shape index (κ2) is 11.5. The van der Waals surface area contributed by atoms with Gasteiger partial charge in [0.15, 0.2) is 0 Å². The summed E-state index contributed by atoms with van der Waals surface area (Å²) in [5, 5.41) is 10.6. The first-order chi connectivity index (χ1) is 25.7. The number of furan rings is 1. The van der Waals surface area contributed by atoms with Gasteiger partial charge in [-0.2, -0.15) is 0 Å². The van der Waals surface area contributed by atoms with E-state index in [-0.39, 0.29) is 43.7 Å². The molecule has 0 N–H and O–H groups in total. The molecule has 10 aromatic rings. The minimum atomic E-state index is 0.168. The summed E-state index contributed by atoms with van der Waals surface area (Å²) in [6.45, 7) is 0. The van der Waals surface area contributed by atoms with E-state index in [1.54, 1.807) is 0 Å². The van der Waals surface area contributed by atoms with E-state index in [1.807, 2.05) is 54.6 Å². The van der Waals surface area contributed by atoms with Crippen LogP contribution in [0.5, 0.6) is 0 Å². The van der Waals surface area contributed by atoms with Crippen LogP contribution in [-0.2, 0) is 0 Å². The van der Waals surface area contributed by atoms with Crippen LogP contribution in [0, 0.1) is 0 Å². The van der Waals surface area contributed by atoms with Crippen LogP contribution >= 0.6 is 0 Å². The molecule has 9 aromatic carbocycles. The van der Waals surface area contributed by atoms with Crippen LogP contribution in [0.25, 0.3) is 98.1 Å². The van der Waals surface area contributed by atoms with Crippen molar-refractivity contribution in [3.05, 3.63) is 109 Å². The van der Waals surface area contributed by atoms with Crippen LogP contribution in [0.4, 0.5) is 0 Å². The minimum absolute atomic E-state index is 0.168. The third-order valence-electron chi connectivity index (χ3n) is 11.0. The Morgan fingerprint density at radius 2 is 0.811 bits per heavy atom. The van der Waals surface area contributed by atoms with Crippen molar-refractivity contribution < 1.29 is 4.42 Å². The van der Waals surface area contributed by atoms with Crippen LogP contribution in [0.15, 0.2) is 114 Å². The van der Waals surface area contributed by atoms with Gasteiger partial charge in [0.05, 0.1) is 0 Å². The summed E-state index contributed by atoms with van der Waals surface area (Å²) >= 11 is 0. The summed E-state index contributed by atoms with van der Waals surface area (Å²) in [6.07, 6.45) is 0. The minimum Gasteiger partial charge on any atom is -0.456 e. The lowest BCUT2D eigenvalue weighted by molar-refractivity contribution is 0.669. The molecule has 0 aliphatic rings. The molecular formula is C44H18B8O. The third kappa shape index (κ3) is 4.37. The molecule has 0 bridgehead atoms. The van der Waals surface area contributed by atoms with Crippen molar-refractivity contribution in [1.82, 2.24) is 0 Å². The van der Waals surface area contributed by atoms with Gasteiger partial charge in [-0.05, 0) is 100 Å². The Morgan fingerprint density at radius 1 is 0.321 bits per heavy atom. The highest BCUT2D eigenvalue weighted by Gasteiger charge is 2.26. The largest absolute Gasteiger partial charge is 0.456 e. The predicted octanol–water partition coefficient (Wildman–Crippen LogP) is 3.04. The predicted molar refractivity (Wildman–Crippen MR) is 235 cm³/mol. The zero-order valence-electron chi connectivity index (χ0n) is 28.4. The molecule has 0 amide bonds. The molecule has 0 unspecified atom stereocenters. The quantitative estimate of drug-likeness (QED) is 0.160. The maximum atomic E-state index is 7.10. The lowest BCUT2D eigenvalue weighted by atomic mass is 9.59. The molecule has 53 heavy (non-hydrogen) atoms. The molecule has 0 saturated heterocycles. The second-order valence-corrected chi connectivity index (χ2v) is 13.7. The van der Waals surface area contributed by atoms with Crippen molar-refractivity contribution in [3.63, 3.8) is 0 Å². The van der Waals surface area contributed by atoms with Gasteiger partial charge in [0.25, 0.3) is 0 Å². The number of rotatable bonds is 2. The topological polar surface area (TPSA) is 13.1 Å². The summed E-state index contributed by atoms with van der Waals surface area (Å²) in [5.74, 6) is 0. The number of hydrogen-bond acceptors (Lipinski definition) is 1. The van der Waals surface area contributed by atoms with E-state index in [2.05, 4.69) is 54.6 Å². The van der Waals surface area contributed by atoms with Crippen LogP contribution in [0.1, 0.15) is 0 Å². The van der Waals surface area contributed by atoms with Gasteiger partial charge in [0.1, 0.15) is 73.9 Å². The standard InChI is InChI=1S/C44H18B8O/c45-37-33-31(21-15-16-29-26(17-21)24-10-5-6-12-28(24)53-29)34-36(40(48)44(52)42(50)38(34)46)32(35(33)39(47)43(51)41(37)49)27-18-20-14-13-19-7-1-2-8-22(19)30(20)25-11-4-3-9-23(25)27/h1-18H. The Hall–Kier alpha value is -5.40. The van der Waals surface area contributed by atoms with Gasteiger partial charge in [0.2, 0.25) is 0 Å². The highest BCUT2D eigenvalue weighted by Crippen LogP contribution is 2.46. The van der Waals surface area contributed by atoms with Crippen LogP contribution in [0.2, 0.25) is 0 Å². The molecule has 1 aromatic heterocycles. The molecule has 0 fully saturated rings. The van der Waals surface area contributed by atoms with Gasteiger partial charge in [0, 0.05) is 10.8 Å². The maximum Gasteiger partial charge on any atom is 0.135 e. The fourth-order valence-corrected chi connectivity index (χ4v) is 8.47. The van der Waals surface area contributed by atoms with E-state index in [1.165, 1.54) is 0 Å². The first-order valence-corrected chi connectivity index (χ1v) is 17.2. The van der Waals surface area contributed by atoms with E-state index < -0.39 is 0 Å². The maximum absolute atomic E-state index is 7.10. The molecule has 10 rings (SSSR count). The zero-order valence-corrected chi connectivity index (χ0v) is 28.4. The molecule has 0 spiro atoms. The summed E-state index contributed by atoms with van der Waals surface area (Å²) in [4.78, 5) is 0. The first kappa shape index (κ1) is 32.3. The molecule has 0 aliphatic heterocycles. The number of benzene rings is 9. The molecule has 0 saturated carbocycles. The van der Waals surface area contributed by atoms with E-state index in [9.17, 15) is 0 Å². The molecule has 16 radical (unpaired) electrons. The Labute approximate surface area is 316 Å². The average molecular weight is 649 g/mol. The van der Waals surface area contributed by atoms with Crippen molar-refractivity contribution in [2.45, 2.75) is 0 Å². The summed E-state index contributed by atoms with van der Waals surface area (Å²) in [6, 6.07) is 36.9. The monoisotopic (exact) mass is 650 g/mol. The van der Waals surface area contributed by atoms with Gasteiger partial charge in [-0.1, -0.05) is 107 Å². The van der Waals surface area contributed by atoms with Crippen molar-refractivity contribution in [3.8, 4) is 22.3 Å². The lowest BCUT2D eigenvalue weighted by Crippen LogP contribution is -2.50. The smallest absolute Gasteiger partial charge is 0.135 e. The van der Waals surface area contributed by atoms with Gasteiger partial charge < -0.3 is 4.42 Å². The molecule has 0 aliphatic carbocycles. The highest BCUT2D eigenvalue weighted by molar-refractivity contribution is 6.71. The molecule has 1 nitrogen and oxygen atoms in total. The molecule has 1 heterocycles. The Morgan fingerprint density at radius 3 is 1.45 bits per heavy atom. The lowest BCUT2D eigenvalue weighted by Gasteiger charge is -2.29. The van der Waals surface area contributed by atoms with Gasteiger partial charge in [-0.3, -0.25) is 0 Å². The fraction of sp³-hybridized carbons (Fsp3) is 0. The molecular weight excluding hydrogens is 631 g/mol. The number of para-hydroxylation sites is 1. The number of fused-ring (bicyclic) bond motifs is 10. The van der Waals surface area contributed by atoms with E-state index in [0.29, 0.717) is 32.7 Å². The van der Waals surface area contributed by atoms with Crippen molar-refractivity contribution in [1.29, 1.82) is 0 Å². The fourth-order valence-electron chi connectivity index (χ4n) is 8.47. The highest BCUT2D eigenvalue weighted by atomic mass is 16.3. The van der Waals surface area contributed by atoms with Gasteiger partial charge >= 0.3 is 0 Å². The van der Waals surface area contributed by atoms with Crippen LogP contribution < -0.4 is 43.7 Å². The Kier molecular flexibility index (Phi) is 7.03. The summed E-state index contributed by atoms with van der Waals surface area (Å²) in [5.41, 5.74) is 6.13. The zero-order chi connectivity index (χ0) is 36.4. The molecule has 9 heteroatoms. The Balaban J connectivity index is 1.48. The second-order valence-electron chi connectivity index (χ2n) is 13.7. The average Bonchev–Trinajstić information content (AvgIpc) is 3.57. The number of hydrogen-bond donors (Lipinski definition) is 0. The summed E-state index contributed by atoms with van der Waals surface area (Å²) in [7, 11) is 55.0. The molecule has 224 valence electrons. The summed E-state index contributed by atoms with van der Waals surface area (Å²) < 4.78 is 6.19. The third-order valence-corrected chi connectivity index (χ3v) is 11.0. The first-order valence-electron chi connectivity index (χ1n) is 17.2. The van der Waals surface area contributed by atoms with Crippen molar-refractivity contribution in [2.75, 3.05) is 0 Å². The van der Waals surface area contributed by atoms with Gasteiger partial charge in [-0.25, -0.2) is 0 Å². The van der Waals surface area contributed by atoms with Crippen molar-refractivity contribution in [2.24, 2.45) is 0 Å². The molecule has 0 atom stereocenters. The van der Waals surface area contributed by atoms with Crippen LogP contribution in [0.3, 0.4) is 0 Å². The van der Waals surface area contributed by atoms with Crippen LogP contribution in [-0.4, -0.2) is 62.8 Å². The van der Waals surface area contributed by atoms with Gasteiger partial charge in [-0.15, -0.1) is 21.9 Å².